The summed E-state index contributed by atoms with van der Waals surface area (Å²) in [6.07, 6.45) is 2.28. The van der Waals surface area contributed by atoms with Crippen LogP contribution in [0.3, 0.4) is 0 Å². The number of carbonyl (C=O) groups excluding carboxylic acids is 1. The predicted molar refractivity (Wildman–Crippen MR) is 133 cm³/mol. The molecule has 2 N–H and O–H groups in total. The van der Waals surface area contributed by atoms with Crippen molar-refractivity contribution in [1.29, 1.82) is 0 Å². The van der Waals surface area contributed by atoms with Gasteiger partial charge in [-0.25, -0.2) is 15.0 Å². The molecular formula is C25H22N8O3. The lowest BCUT2D eigenvalue weighted by molar-refractivity contribution is -0.116. The fraction of sp³-hybridized carbons (Fsp3) is 0.200. The van der Waals surface area contributed by atoms with Gasteiger partial charge in [0.25, 0.3) is 11.8 Å². The average molecular weight is 483 g/mol. The van der Waals surface area contributed by atoms with Crippen molar-refractivity contribution in [3.63, 3.8) is 0 Å². The van der Waals surface area contributed by atoms with Crippen molar-refractivity contribution < 1.29 is 13.9 Å². The highest BCUT2D eigenvalue weighted by Gasteiger charge is 2.27. The molecule has 4 aromatic rings. The summed E-state index contributed by atoms with van der Waals surface area (Å²) < 4.78 is 11.1. The Labute approximate surface area is 206 Å². The van der Waals surface area contributed by atoms with Crippen molar-refractivity contribution in [3.8, 4) is 11.5 Å². The Morgan fingerprint density at radius 3 is 2.47 bits per heavy atom. The molecule has 0 spiro atoms. The van der Waals surface area contributed by atoms with Gasteiger partial charge in [-0.15, -0.1) is 5.10 Å². The van der Waals surface area contributed by atoms with Gasteiger partial charge in [-0.1, -0.05) is 53.6 Å². The maximum Gasteiger partial charge on any atom is 0.317 e. The number of benzodiazepines with no additional fused rings is 1. The van der Waals surface area contributed by atoms with E-state index >= 15 is 0 Å². The summed E-state index contributed by atoms with van der Waals surface area (Å²) in [5.74, 6) is 0.513. The number of aromatic nitrogens is 4. The Balaban J connectivity index is 1.25. The van der Waals surface area contributed by atoms with E-state index in [1.165, 1.54) is 0 Å². The predicted octanol–water partition coefficient (Wildman–Crippen LogP) is 2.59. The molecule has 2 aliphatic rings. The van der Waals surface area contributed by atoms with Crippen molar-refractivity contribution in [2.75, 3.05) is 41.8 Å². The summed E-state index contributed by atoms with van der Waals surface area (Å²) in [6, 6.07) is 17.3. The van der Waals surface area contributed by atoms with Crippen LogP contribution in [0.25, 0.3) is 11.5 Å². The number of rotatable bonds is 5. The molecule has 0 saturated carbocycles. The number of fused-ring (bicyclic) bond motifs is 1. The van der Waals surface area contributed by atoms with E-state index in [1.54, 1.807) is 12.4 Å². The van der Waals surface area contributed by atoms with Gasteiger partial charge in [-0.3, -0.25) is 4.79 Å². The van der Waals surface area contributed by atoms with E-state index in [0.717, 1.165) is 24.2 Å². The molecule has 2 aromatic carbocycles. The lowest BCUT2D eigenvalue weighted by Gasteiger charge is -2.26. The molecule has 0 bridgehead atoms. The SMILES string of the molecule is O=C1Nc2ccccc2C(c2ccccc2)=NC1Nc1nnc(-c2cnc(N3CCOCC3)nc2)o1. The van der Waals surface area contributed by atoms with Crippen LogP contribution >= 0.6 is 0 Å². The molecule has 1 atom stereocenters. The minimum atomic E-state index is -0.985. The van der Waals surface area contributed by atoms with Crippen LogP contribution in [0.5, 0.6) is 0 Å². The Morgan fingerprint density at radius 1 is 0.917 bits per heavy atom. The van der Waals surface area contributed by atoms with Crippen molar-refractivity contribution in [2.24, 2.45) is 4.99 Å². The maximum absolute atomic E-state index is 13.0. The van der Waals surface area contributed by atoms with Crippen molar-refractivity contribution >= 4 is 29.3 Å². The number of hydrogen-bond donors (Lipinski definition) is 2. The lowest BCUT2D eigenvalue weighted by atomic mass is 10.0. The van der Waals surface area contributed by atoms with Gasteiger partial charge in [0.1, 0.15) is 0 Å². The highest BCUT2D eigenvalue weighted by Crippen LogP contribution is 2.25. The van der Waals surface area contributed by atoms with Crippen LogP contribution in [0.4, 0.5) is 17.7 Å². The second kappa shape index (κ2) is 9.55. The van der Waals surface area contributed by atoms with Crippen molar-refractivity contribution in [2.45, 2.75) is 6.17 Å². The zero-order valence-corrected chi connectivity index (χ0v) is 19.2. The number of nitrogens with zero attached hydrogens (tertiary/aromatic N) is 6. The molecule has 2 aromatic heterocycles. The molecule has 0 aliphatic carbocycles. The molecular weight excluding hydrogens is 460 g/mol. The molecule has 0 radical (unpaired) electrons. The molecule has 11 nitrogen and oxygen atoms in total. The number of anilines is 3. The Kier molecular flexibility index (Phi) is 5.80. The summed E-state index contributed by atoms with van der Waals surface area (Å²) in [5, 5.41) is 14.0. The van der Waals surface area contributed by atoms with E-state index in [0.29, 0.717) is 36.1 Å². The second-order valence-electron chi connectivity index (χ2n) is 8.21. The largest absolute Gasteiger partial charge is 0.403 e. The van der Waals surface area contributed by atoms with E-state index in [-0.39, 0.29) is 17.8 Å². The summed E-state index contributed by atoms with van der Waals surface area (Å²) >= 11 is 0. The van der Waals surface area contributed by atoms with Crippen LogP contribution in [-0.2, 0) is 9.53 Å². The highest BCUT2D eigenvalue weighted by atomic mass is 16.5. The quantitative estimate of drug-likeness (QED) is 0.441. The Hall–Kier alpha value is -4.64. The van der Waals surface area contributed by atoms with Gasteiger partial charge in [0, 0.05) is 36.6 Å². The third-order valence-electron chi connectivity index (χ3n) is 5.86. The van der Waals surface area contributed by atoms with E-state index < -0.39 is 6.17 Å². The highest BCUT2D eigenvalue weighted by molar-refractivity contribution is 6.19. The fourth-order valence-electron chi connectivity index (χ4n) is 4.05. The number of nitrogens with one attached hydrogen (secondary N) is 2. The van der Waals surface area contributed by atoms with Gasteiger partial charge < -0.3 is 24.7 Å². The standard InChI is InChI=1S/C25H22N8O3/c34-22-21(29-20(16-6-2-1-3-7-16)18-8-4-5-9-19(18)28-22)30-25-32-31-23(36-25)17-14-26-24(27-15-17)33-10-12-35-13-11-33/h1-9,14-15,21H,10-13H2,(H,28,34)(H,30,32). The molecule has 180 valence electrons. The van der Waals surface area contributed by atoms with Crippen LogP contribution in [0.15, 0.2) is 76.4 Å². The van der Waals surface area contributed by atoms with E-state index in [9.17, 15) is 4.79 Å². The second-order valence-corrected chi connectivity index (χ2v) is 8.21. The Morgan fingerprint density at radius 2 is 1.67 bits per heavy atom. The van der Waals surface area contributed by atoms with Gasteiger partial charge >= 0.3 is 6.01 Å². The van der Waals surface area contributed by atoms with Crippen LogP contribution in [0.2, 0.25) is 0 Å². The molecule has 11 heteroatoms. The topological polar surface area (TPSA) is 131 Å². The maximum atomic E-state index is 13.0. The number of carbonyl (C=O) groups is 1. The van der Waals surface area contributed by atoms with Crippen LogP contribution in [0, 0.1) is 0 Å². The molecule has 36 heavy (non-hydrogen) atoms. The first-order chi connectivity index (χ1) is 17.7. The number of ether oxygens (including phenoxy) is 1. The van der Waals surface area contributed by atoms with Crippen LogP contribution in [-0.4, -0.2) is 64.3 Å². The molecule has 1 unspecified atom stereocenters. The summed E-state index contributed by atoms with van der Waals surface area (Å²) in [4.78, 5) is 28.6. The van der Waals surface area contributed by atoms with E-state index in [2.05, 4.69) is 35.7 Å². The molecule has 2 aliphatic heterocycles. The first kappa shape index (κ1) is 21.9. The molecule has 1 amide bonds. The van der Waals surface area contributed by atoms with Gasteiger partial charge in [-0.05, 0) is 6.07 Å². The van der Waals surface area contributed by atoms with Crippen LogP contribution in [0.1, 0.15) is 11.1 Å². The van der Waals surface area contributed by atoms with E-state index in [1.807, 2.05) is 54.6 Å². The van der Waals surface area contributed by atoms with Crippen molar-refractivity contribution in [3.05, 3.63) is 78.1 Å². The normalized spacial score (nSPS) is 17.6. The number of benzene rings is 2. The monoisotopic (exact) mass is 482 g/mol. The third kappa shape index (κ3) is 4.39. The van der Waals surface area contributed by atoms with Gasteiger partial charge in [0.2, 0.25) is 12.1 Å². The number of amides is 1. The first-order valence-electron chi connectivity index (χ1n) is 11.5. The van der Waals surface area contributed by atoms with Gasteiger partial charge in [0.05, 0.1) is 30.2 Å². The summed E-state index contributed by atoms with van der Waals surface area (Å²) in [6.45, 7) is 2.79. The minimum Gasteiger partial charge on any atom is -0.403 e. The average Bonchev–Trinajstić information content (AvgIpc) is 3.36. The summed E-state index contributed by atoms with van der Waals surface area (Å²) in [7, 11) is 0. The number of aliphatic imine (C=N–C) groups is 1. The van der Waals surface area contributed by atoms with E-state index in [4.69, 9.17) is 14.1 Å². The molecule has 4 heterocycles. The number of hydrogen-bond acceptors (Lipinski definition) is 10. The van der Waals surface area contributed by atoms with Gasteiger partial charge in [-0.2, -0.15) is 0 Å². The number of para-hydroxylation sites is 1. The molecule has 1 fully saturated rings. The first-order valence-corrected chi connectivity index (χ1v) is 11.5. The zero-order chi connectivity index (χ0) is 24.3. The molecule has 6 rings (SSSR count). The summed E-state index contributed by atoms with van der Waals surface area (Å²) in [5.41, 5.74) is 3.63. The smallest absolute Gasteiger partial charge is 0.317 e. The third-order valence-corrected chi connectivity index (χ3v) is 5.86. The van der Waals surface area contributed by atoms with Gasteiger partial charge in [0.15, 0.2) is 0 Å². The zero-order valence-electron chi connectivity index (χ0n) is 19.2. The van der Waals surface area contributed by atoms with Crippen molar-refractivity contribution in [1.82, 2.24) is 20.2 Å². The fourth-order valence-corrected chi connectivity index (χ4v) is 4.05. The Bertz CT molecular complexity index is 1400. The minimum absolute atomic E-state index is 0.0597. The molecule has 1 saturated heterocycles. The van der Waals surface area contributed by atoms with Crippen LogP contribution < -0.4 is 15.5 Å². The lowest BCUT2D eigenvalue weighted by Crippen LogP contribution is -2.37. The number of morpholine rings is 1.